The number of fused-ring (bicyclic) bond motifs is 1. The first-order valence-electron chi connectivity index (χ1n) is 11.2. The molecule has 6 rings (SSSR count). The van der Waals surface area contributed by atoms with Gasteiger partial charge < -0.3 is 10.1 Å². The van der Waals surface area contributed by atoms with Gasteiger partial charge in [-0.25, -0.2) is 4.79 Å². The number of nitrogens with one attached hydrogen (secondary N) is 1. The summed E-state index contributed by atoms with van der Waals surface area (Å²) in [5.41, 5.74) is 0.790. The molecule has 1 N–H and O–H groups in total. The fourth-order valence-electron chi connectivity index (χ4n) is 6.85. The Labute approximate surface area is 181 Å². The minimum atomic E-state index is -0.685. The quantitative estimate of drug-likeness (QED) is 0.580. The Morgan fingerprint density at radius 3 is 2.26 bits per heavy atom. The highest BCUT2D eigenvalue weighted by Crippen LogP contribution is 2.61. The molecule has 1 aliphatic heterocycles. The Morgan fingerprint density at radius 2 is 1.65 bits per heavy atom. The van der Waals surface area contributed by atoms with Crippen molar-refractivity contribution in [1.82, 2.24) is 10.2 Å². The van der Waals surface area contributed by atoms with Crippen LogP contribution in [0.25, 0.3) is 0 Å². The van der Waals surface area contributed by atoms with Crippen molar-refractivity contribution in [2.45, 2.75) is 51.5 Å². The van der Waals surface area contributed by atoms with Gasteiger partial charge in [0.15, 0.2) is 6.61 Å². The van der Waals surface area contributed by atoms with E-state index in [0.29, 0.717) is 0 Å². The van der Waals surface area contributed by atoms with Crippen molar-refractivity contribution in [1.29, 1.82) is 0 Å². The minimum Gasteiger partial charge on any atom is -0.452 e. The first kappa shape index (κ1) is 20.2. The highest BCUT2D eigenvalue weighted by Gasteiger charge is 2.53. The molecule has 7 nitrogen and oxygen atoms in total. The molecule has 4 fully saturated rings. The van der Waals surface area contributed by atoms with Crippen molar-refractivity contribution in [3.8, 4) is 0 Å². The van der Waals surface area contributed by atoms with Crippen LogP contribution in [0.15, 0.2) is 18.2 Å². The van der Waals surface area contributed by atoms with E-state index in [1.165, 1.54) is 63.8 Å². The molecule has 0 spiro atoms. The van der Waals surface area contributed by atoms with E-state index in [1.807, 2.05) is 0 Å². The molecule has 1 atom stereocenters. The van der Waals surface area contributed by atoms with E-state index in [0.717, 1.165) is 22.7 Å². The van der Waals surface area contributed by atoms with E-state index < -0.39 is 17.8 Å². The van der Waals surface area contributed by atoms with E-state index in [2.05, 4.69) is 12.2 Å². The van der Waals surface area contributed by atoms with Gasteiger partial charge in [-0.05, 0) is 86.8 Å². The second-order valence-corrected chi connectivity index (χ2v) is 10.1. The molecule has 0 radical (unpaired) electrons. The SMILES string of the molecule is CC(NC(=O)COC(=O)c1ccc2c(c1)C(=O)N(C)C2=O)C12CC3CC(CC(C3)C1)C2. The fourth-order valence-corrected chi connectivity index (χ4v) is 6.85. The number of imide groups is 1. The summed E-state index contributed by atoms with van der Waals surface area (Å²) in [5, 5.41) is 3.08. The van der Waals surface area contributed by atoms with Crippen molar-refractivity contribution < 1.29 is 23.9 Å². The maximum absolute atomic E-state index is 12.5. The highest BCUT2D eigenvalue weighted by molar-refractivity contribution is 6.21. The summed E-state index contributed by atoms with van der Waals surface area (Å²) >= 11 is 0. The lowest BCUT2D eigenvalue weighted by Crippen LogP contribution is -2.56. The van der Waals surface area contributed by atoms with E-state index in [9.17, 15) is 19.2 Å². The van der Waals surface area contributed by atoms with Crippen molar-refractivity contribution >= 4 is 23.7 Å². The van der Waals surface area contributed by atoms with Crippen LogP contribution < -0.4 is 5.32 Å². The Hall–Kier alpha value is -2.70. The van der Waals surface area contributed by atoms with Crippen LogP contribution in [-0.2, 0) is 9.53 Å². The van der Waals surface area contributed by atoms with Gasteiger partial charge in [0.05, 0.1) is 16.7 Å². The lowest BCUT2D eigenvalue weighted by Gasteiger charge is -2.59. The average molecular weight is 424 g/mol. The van der Waals surface area contributed by atoms with E-state index in [4.69, 9.17) is 4.74 Å². The third kappa shape index (κ3) is 3.34. The van der Waals surface area contributed by atoms with Crippen molar-refractivity contribution in [2.24, 2.45) is 23.2 Å². The van der Waals surface area contributed by atoms with Gasteiger partial charge in [-0.15, -0.1) is 0 Å². The summed E-state index contributed by atoms with van der Waals surface area (Å²) in [5.74, 6) is 0.583. The Morgan fingerprint density at radius 1 is 1.06 bits per heavy atom. The van der Waals surface area contributed by atoms with Crippen molar-refractivity contribution in [3.05, 3.63) is 34.9 Å². The van der Waals surface area contributed by atoms with Gasteiger partial charge in [0.2, 0.25) is 0 Å². The smallest absolute Gasteiger partial charge is 0.338 e. The molecule has 4 aliphatic carbocycles. The zero-order valence-corrected chi connectivity index (χ0v) is 18.0. The number of hydrogen-bond donors (Lipinski definition) is 1. The molecule has 1 aromatic rings. The van der Waals surface area contributed by atoms with Gasteiger partial charge in [-0.1, -0.05) is 0 Å². The van der Waals surface area contributed by atoms with Crippen LogP contribution in [0.2, 0.25) is 0 Å². The first-order valence-corrected chi connectivity index (χ1v) is 11.2. The fraction of sp³-hybridized carbons (Fsp3) is 0.583. The molecule has 31 heavy (non-hydrogen) atoms. The van der Waals surface area contributed by atoms with Gasteiger partial charge in [0, 0.05) is 13.1 Å². The minimum absolute atomic E-state index is 0.0614. The standard InChI is InChI=1S/C24H28N2O5/c1-13(24-9-14-5-15(10-24)7-16(6-14)11-24)25-20(27)12-31-23(30)17-3-4-18-19(8-17)22(29)26(2)21(18)28/h3-4,8,13-16H,5-7,9-12H2,1-2H3,(H,25,27). The number of benzene rings is 1. The number of hydrogen-bond acceptors (Lipinski definition) is 5. The van der Waals surface area contributed by atoms with Crippen LogP contribution in [0.1, 0.15) is 76.5 Å². The molecule has 1 heterocycles. The van der Waals surface area contributed by atoms with E-state index in [1.54, 1.807) is 0 Å². The number of carbonyl (C=O) groups excluding carboxylic acids is 4. The predicted molar refractivity (Wildman–Crippen MR) is 111 cm³/mol. The molecule has 1 unspecified atom stereocenters. The van der Waals surface area contributed by atoms with Gasteiger partial charge in [0.1, 0.15) is 0 Å². The number of ether oxygens (including phenoxy) is 1. The Bertz CT molecular complexity index is 949. The lowest BCUT2D eigenvalue weighted by atomic mass is 9.48. The molecule has 5 aliphatic rings. The molecule has 164 valence electrons. The second kappa shape index (κ2) is 7.18. The first-order chi connectivity index (χ1) is 14.8. The Kier molecular flexibility index (Phi) is 4.68. The van der Waals surface area contributed by atoms with Crippen LogP contribution in [-0.4, -0.2) is 48.3 Å². The third-order valence-corrected chi connectivity index (χ3v) is 8.04. The molecular weight excluding hydrogens is 396 g/mol. The van der Waals surface area contributed by atoms with Gasteiger partial charge >= 0.3 is 5.97 Å². The van der Waals surface area contributed by atoms with Crippen LogP contribution in [0.3, 0.4) is 0 Å². The van der Waals surface area contributed by atoms with Crippen molar-refractivity contribution in [3.63, 3.8) is 0 Å². The molecule has 4 bridgehead atoms. The number of amides is 3. The maximum Gasteiger partial charge on any atom is 0.338 e. The molecular formula is C24H28N2O5. The average Bonchev–Trinajstić information content (AvgIpc) is 2.94. The summed E-state index contributed by atoms with van der Waals surface area (Å²) < 4.78 is 5.20. The summed E-state index contributed by atoms with van der Waals surface area (Å²) in [6.07, 6.45) is 7.62. The predicted octanol–water partition coefficient (Wildman–Crippen LogP) is 2.79. The van der Waals surface area contributed by atoms with Gasteiger partial charge in [-0.3, -0.25) is 19.3 Å². The molecule has 1 aromatic carbocycles. The monoisotopic (exact) mass is 424 g/mol. The number of rotatable bonds is 5. The van der Waals surface area contributed by atoms with Gasteiger partial charge in [-0.2, -0.15) is 0 Å². The zero-order chi connectivity index (χ0) is 21.9. The normalized spacial score (nSPS) is 31.5. The molecule has 3 amide bonds. The molecule has 4 saturated carbocycles. The van der Waals surface area contributed by atoms with E-state index in [-0.39, 0.29) is 40.7 Å². The topological polar surface area (TPSA) is 92.8 Å². The summed E-state index contributed by atoms with van der Waals surface area (Å²) in [6, 6.07) is 4.32. The molecule has 0 saturated heterocycles. The molecule has 7 heteroatoms. The summed E-state index contributed by atoms with van der Waals surface area (Å²) in [7, 11) is 1.40. The summed E-state index contributed by atoms with van der Waals surface area (Å²) in [6.45, 7) is 1.73. The van der Waals surface area contributed by atoms with Crippen LogP contribution in [0.5, 0.6) is 0 Å². The number of esters is 1. The summed E-state index contributed by atoms with van der Waals surface area (Å²) in [4.78, 5) is 50.0. The Balaban J connectivity index is 1.18. The maximum atomic E-state index is 12.5. The van der Waals surface area contributed by atoms with Crippen LogP contribution in [0, 0.1) is 23.2 Å². The third-order valence-electron chi connectivity index (χ3n) is 8.04. The highest BCUT2D eigenvalue weighted by atomic mass is 16.5. The number of carbonyl (C=O) groups is 4. The lowest BCUT2D eigenvalue weighted by molar-refractivity contribution is -0.128. The van der Waals surface area contributed by atoms with Crippen LogP contribution >= 0.6 is 0 Å². The van der Waals surface area contributed by atoms with Crippen molar-refractivity contribution in [2.75, 3.05) is 13.7 Å². The second-order valence-electron chi connectivity index (χ2n) is 10.1. The zero-order valence-electron chi connectivity index (χ0n) is 18.0. The van der Waals surface area contributed by atoms with E-state index >= 15 is 0 Å². The molecule has 0 aromatic heterocycles. The van der Waals surface area contributed by atoms with Crippen LogP contribution in [0.4, 0.5) is 0 Å². The largest absolute Gasteiger partial charge is 0.452 e. The number of nitrogens with zero attached hydrogens (tertiary/aromatic N) is 1. The van der Waals surface area contributed by atoms with Gasteiger partial charge in [0.25, 0.3) is 17.7 Å².